The van der Waals surface area contributed by atoms with E-state index >= 15 is 0 Å². The van der Waals surface area contributed by atoms with Crippen LogP contribution in [0.4, 0.5) is 0 Å². The van der Waals surface area contributed by atoms with Crippen LogP contribution in [-0.2, 0) is 5.75 Å². The van der Waals surface area contributed by atoms with Gasteiger partial charge in [0.2, 0.25) is 0 Å². The highest BCUT2D eigenvalue weighted by atomic mass is 35.5. The Bertz CT molecular complexity index is 1690. The summed E-state index contributed by atoms with van der Waals surface area (Å²) in [5.41, 5.74) is 7.44. The van der Waals surface area contributed by atoms with Crippen LogP contribution in [0.25, 0.3) is 38.8 Å². The van der Waals surface area contributed by atoms with Gasteiger partial charge < -0.3 is 0 Å². The van der Waals surface area contributed by atoms with Gasteiger partial charge in [0.25, 0.3) is 0 Å². The van der Waals surface area contributed by atoms with E-state index in [1.807, 2.05) is 66.2 Å². The number of hydrogen-bond donors (Lipinski definition) is 0. The van der Waals surface area contributed by atoms with Crippen molar-refractivity contribution >= 4 is 80.2 Å². The maximum absolute atomic E-state index is 6.76. The molecule has 0 bridgehead atoms. The number of para-hydroxylation sites is 1. The maximum Gasteiger partial charge on any atom is 0.164 e. The van der Waals surface area contributed by atoms with Crippen molar-refractivity contribution in [3.05, 3.63) is 109 Å². The number of pyridine rings is 1. The monoisotopic (exact) mass is 567 g/mol. The van der Waals surface area contributed by atoms with Crippen LogP contribution in [0.5, 0.6) is 0 Å². The van der Waals surface area contributed by atoms with Crippen molar-refractivity contribution in [2.24, 2.45) is 0 Å². The smallest absolute Gasteiger partial charge is 0.164 e. The summed E-state index contributed by atoms with van der Waals surface area (Å²) >= 11 is 27.4. The molecular formula is C28H17Cl4N3S. The first-order valence-corrected chi connectivity index (χ1v) is 13.6. The first-order chi connectivity index (χ1) is 17.4. The number of halogens is 4. The zero-order valence-corrected chi connectivity index (χ0v) is 22.7. The van der Waals surface area contributed by atoms with Gasteiger partial charge in [0.1, 0.15) is 0 Å². The van der Waals surface area contributed by atoms with E-state index in [4.69, 9.17) is 56.5 Å². The molecule has 0 aliphatic carbocycles. The molecule has 1 aliphatic heterocycles. The van der Waals surface area contributed by atoms with Gasteiger partial charge in [-0.15, -0.1) is 11.8 Å². The van der Waals surface area contributed by atoms with Crippen molar-refractivity contribution in [3.63, 3.8) is 0 Å². The lowest BCUT2D eigenvalue weighted by molar-refractivity contribution is 0.877. The molecule has 0 atom stereocenters. The van der Waals surface area contributed by atoms with E-state index in [2.05, 4.69) is 6.08 Å². The van der Waals surface area contributed by atoms with Crippen LogP contribution in [0.2, 0.25) is 20.1 Å². The van der Waals surface area contributed by atoms with Gasteiger partial charge in [-0.2, -0.15) is 5.10 Å². The van der Waals surface area contributed by atoms with Crippen molar-refractivity contribution in [2.75, 3.05) is 0 Å². The molecule has 0 N–H and O–H groups in total. The number of aromatic nitrogens is 3. The first-order valence-electron chi connectivity index (χ1n) is 11.1. The number of aryl methyl sites for hydroxylation is 1. The highest BCUT2D eigenvalue weighted by molar-refractivity contribution is 8.08. The summed E-state index contributed by atoms with van der Waals surface area (Å²) in [5.74, 6) is 0.750. The van der Waals surface area contributed by atoms with E-state index in [0.29, 0.717) is 20.1 Å². The number of thioether (sulfide) groups is 1. The molecule has 0 amide bonds. The number of fused-ring (bicyclic) bond motifs is 2. The molecule has 0 spiro atoms. The van der Waals surface area contributed by atoms with Crippen LogP contribution in [-0.4, -0.2) is 14.8 Å². The van der Waals surface area contributed by atoms with Crippen LogP contribution in [0.15, 0.2) is 66.7 Å². The summed E-state index contributed by atoms with van der Waals surface area (Å²) in [6.07, 6.45) is 2.07. The molecule has 0 saturated heterocycles. The van der Waals surface area contributed by atoms with Crippen LogP contribution in [0.3, 0.4) is 0 Å². The fourth-order valence-corrected chi connectivity index (χ4v) is 6.59. The molecule has 5 aromatic rings. The second-order valence-electron chi connectivity index (χ2n) is 8.43. The number of benzene rings is 3. The lowest BCUT2D eigenvalue weighted by atomic mass is 9.95. The first kappa shape index (κ1) is 23.9. The molecule has 2 aromatic heterocycles. The summed E-state index contributed by atoms with van der Waals surface area (Å²) in [5, 5.41) is 8.25. The molecule has 8 heteroatoms. The second-order valence-corrected chi connectivity index (χ2v) is 11.1. The van der Waals surface area contributed by atoms with Crippen LogP contribution in [0, 0.1) is 6.92 Å². The molecule has 3 aromatic carbocycles. The minimum atomic E-state index is 0.590. The average molecular weight is 569 g/mol. The van der Waals surface area contributed by atoms with Gasteiger partial charge in [-0.05, 0) is 60.5 Å². The molecule has 0 fully saturated rings. The van der Waals surface area contributed by atoms with E-state index < -0.39 is 0 Å². The predicted molar refractivity (Wildman–Crippen MR) is 155 cm³/mol. The minimum absolute atomic E-state index is 0.590. The Hall–Kier alpha value is -2.47. The topological polar surface area (TPSA) is 30.7 Å². The molecule has 1 aliphatic rings. The van der Waals surface area contributed by atoms with Crippen molar-refractivity contribution in [3.8, 4) is 16.8 Å². The molecule has 3 nitrogen and oxygen atoms in total. The standard InChI is InChI=1S/C28H17Cl4N3S/c1-15-25-26(20-10-9-18(30)13-23(20)32)21-14-36-24(11-16-7-8-17(29)12-22(16)31)27(21)33-28(25)35(34-15)19-5-3-2-4-6-19/h2-13H,14H2,1H3/b24-11-. The summed E-state index contributed by atoms with van der Waals surface area (Å²) in [7, 11) is 0. The third-order valence-corrected chi connectivity index (χ3v) is 8.31. The normalized spacial score (nSPS) is 14.1. The zero-order chi connectivity index (χ0) is 25.0. The van der Waals surface area contributed by atoms with Gasteiger partial charge in [-0.25, -0.2) is 9.67 Å². The summed E-state index contributed by atoms with van der Waals surface area (Å²) in [6.45, 7) is 2.01. The average Bonchev–Trinajstić information content (AvgIpc) is 3.41. The molecule has 36 heavy (non-hydrogen) atoms. The Kier molecular flexibility index (Phi) is 6.27. The van der Waals surface area contributed by atoms with Gasteiger partial charge in [0.05, 0.1) is 22.5 Å². The second kappa shape index (κ2) is 9.44. The molecule has 178 valence electrons. The van der Waals surface area contributed by atoms with Crippen LogP contribution >= 0.6 is 58.2 Å². The Labute approximate surface area is 232 Å². The number of nitrogens with zero attached hydrogens (tertiary/aromatic N) is 3. The largest absolute Gasteiger partial charge is 0.227 e. The number of hydrogen-bond acceptors (Lipinski definition) is 3. The molecule has 3 heterocycles. The quantitative estimate of drug-likeness (QED) is 0.217. The van der Waals surface area contributed by atoms with Crippen LogP contribution < -0.4 is 0 Å². The third-order valence-electron chi connectivity index (χ3n) is 6.15. The lowest BCUT2D eigenvalue weighted by Crippen LogP contribution is -2.00. The molecule has 6 rings (SSSR count). The van der Waals surface area contributed by atoms with Gasteiger partial charge in [-0.3, -0.25) is 0 Å². The molecular weight excluding hydrogens is 552 g/mol. The fourth-order valence-electron chi connectivity index (χ4n) is 4.52. The predicted octanol–water partition coefficient (Wildman–Crippen LogP) is 9.75. The summed E-state index contributed by atoms with van der Waals surface area (Å²) in [4.78, 5) is 6.21. The van der Waals surface area contributed by atoms with E-state index in [0.717, 1.165) is 61.0 Å². The van der Waals surface area contributed by atoms with Gasteiger partial charge >= 0.3 is 0 Å². The number of rotatable bonds is 3. The van der Waals surface area contributed by atoms with Gasteiger partial charge in [0, 0.05) is 41.9 Å². The Morgan fingerprint density at radius 2 is 1.61 bits per heavy atom. The summed E-state index contributed by atoms with van der Waals surface area (Å²) < 4.78 is 1.90. The van der Waals surface area contributed by atoms with Crippen molar-refractivity contribution in [2.45, 2.75) is 12.7 Å². The third kappa shape index (κ3) is 4.11. The molecule has 0 radical (unpaired) electrons. The zero-order valence-electron chi connectivity index (χ0n) is 18.9. The Balaban J connectivity index is 1.67. The van der Waals surface area contributed by atoms with Gasteiger partial charge in [-0.1, -0.05) is 76.7 Å². The fraction of sp³-hybridized carbons (Fsp3) is 0.0714. The summed E-state index contributed by atoms with van der Waals surface area (Å²) in [6, 6.07) is 21.1. The van der Waals surface area contributed by atoms with Crippen molar-refractivity contribution in [1.29, 1.82) is 0 Å². The van der Waals surface area contributed by atoms with E-state index in [1.165, 1.54) is 0 Å². The van der Waals surface area contributed by atoms with Gasteiger partial charge in [0.15, 0.2) is 5.65 Å². The SMILES string of the molecule is Cc1nn(-c2ccccc2)c2nc3c(c(-c4ccc(Cl)cc4Cl)c12)CS/C3=C\c1ccc(Cl)cc1Cl. The van der Waals surface area contributed by atoms with E-state index in [9.17, 15) is 0 Å². The lowest BCUT2D eigenvalue weighted by Gasteiger charge is -2.13. The molecule has 0 unspecified atom stereocenters. The minimum Gasteiger partial charge on any atom is -0.227 e. The Morgan fingerprint density at radius 3 is 2.33 bits per heavy atom. The van der Waals surface area contributed by atoms with Crippen LogP contribution in [0.1, 0.15) is 22.5 Å². The van der Waals surface area contributed by atoms with E-state index in [1.54, 1.807) is 23.9 Å². The van der Waals surface area contributed by atoms with Crippen molar-refractivity contribution < 1.29 is 0 Å². The maximum atomic E-state index is 6.76. The van der Waals surface area contributed by atoms with E-state index in [-0.39, 0.29) is 0 Å². The Morgan fingerprint density at radius 1 is 0.889 bits per heavy atom. The highest BCUT2D eigenvalue weighted by Gasteiger charge is 2.29. The van der Waals surface area contributed by atoms with Crippen molar-refractivity contribution in [1.82, 2.24) is 14.8 Å². The molecule has 0 saturated carbocycles. The highest BCUT2D eigenvalue weighted by Crippen LogP contribution is 2.49.